The molecule has 0 aliphatic carbocycles. The summed E-state index contributed by atoms with van der Waals surface area (Å²) in [6.45, 7) is 6.73. The standard InChI is InChI=1S/C25H30N2/c1-19(22-13-7-4-8-14-22)26-21(3)25(24-17-11-6-12-18-24)27-20(2)23-15-9-5-10-16-23/h4-21,25-27H,1-3H3. The minimum absolute atomic E-state index is 0.215. The third-order valence-corrected chi connectivity index (χ3v) is 5.20. The lowest BCUT2D eigenvalue weighted by Gasteiger charge is -2.32. The van der Waals surface area contributed by atoms with Crippen LogP contribution in [0, 0.1) is 0 Å². The molecule has 0 radical (unpaired) electrons. The summed E-state index contributed by atoms with van der Waals surface area (Å²) in [6.07, 6.45) is 0. The molecule has 0 saturated carbocycles. The number of rotatable bonds is 8. The van der Waals surface area contributed by atoms with Gasteiger partial charge in [-0.05, 0) is 37.5 Å². The summed E-state index contributed by atoms with van der Waals surface area (Å²) in [7, 11) is 0. The average molecular weight is 359 g/mol. The van der Waals surface area contributed by atoms with E-state index < -0.39 is 0 Å². The molecule has 2 heteroatoms. The first-order valence-corrected chi connectivity index (χ1v) is 9.82. The van der Waals surface area contributed by atoms with Crippen molar-refractivity contribution in [2.75, 3.05) is 0 Å². The second-order valence-corrected chi connectivity index (χ2v) is 7.28. The first kappa shape index (κ1) is 19.3. The lowest BCUT2D eigenvalue weighted by molar-refractivity contribution is 0.344. The zero-order valence-corrected chi connectivity index (χ0v) is 16.5. The molecule has 0 aliphatic heterocycles. The molecule has 4 unspecified atom stereocenters. The monoisotopic (exact) mass is 358 g/mol. The van der Waals surface area contributed by atoms with E-state index in [-0.39, 0.29) is 18.1 Å². The van der Waals surface area contributed by atoms with Crippen molar-refractivity contribution in [3.63, 3.8) is 0 Å². The summed E-state index contributed by atoms with van der Waals surface area (Å²) in [4.78, 5) is 0. The largest absolute Gasteiger partial charge is 0.306 e. The molecular weight excluding hydrogens is 328 g/mol. The maximum atomic E-state index is 3.84. The molecule has 2 nitrogen and oxygen atoms in total. The predicted molar refractivity (Wildman–Crippen MR) is 115 cm³/mol. The van der Waals surface area contributed by atoms with E-state index >= 15 is 0 Å². The van der Waals surface area contributed by atoms with E-state index in [0.717, 1.165) is 0 Å². The molecule has 0 saturated heterocycles. The minimum Gasteiger partial charge on any atom is -0.306 e. The van der Waals surface area contributed by atoms with Gasteiger partial charge >= 0.3 is 0 Å². The number of hydrogen-bond acceptors (Lipinski definition) is 2. The van der Waals surface area contributed by atoms with Gasteiger partial charge in [-0.3, -0.25) is 0 Å². The van der Waals surface area contributed by atoms with Gasteiger partial charge in [-0.2, -0.15) is 0 Å². The Kier molecular flexibility index (Phi) is 6.80. The summed E-state index contributed by atoms with van der Waals surface area (Å²) < 4.78 is 0. The Hall–Kier alpha value is -2.42. The molecule has 27 heavy (non-hydrogen) atoms. The van der Waals surface area contributed by atoms with E-state index in [2.05, 4.69) is 122 Å². The van der Waals surface area contributed by atoms with Crippen LogP contribution in [0.4, 0.5) is 0 Å². The number of hydrogen-bond donors (Lipinski definition) is 2. The topological polar surface area (TPSA) is 24.1 Å². The fourth-order valence-corrected chi connectivity index (χ4v) is 3.63. The molecule has 0 heterocycles. The van der Waals surface area contributed by atoms with Gasteiger partial charge in [0.15, 0.2) is 0 Å². The highest BCUT2D eigenvalue weighted by molar-refractivity contribution is 5.24. The van der Waals surface area contributed by atoms with Crippen molar-refractivity contribution in [1.82, 2.24) is 10.6 Å². The molecule has 3 aromatic rings. The molecule has 0 fully saturated rings. The maximum absolute atomic E-state index is 3.84. The van der Waals surface area contributed by atoms with Gasteiger partial charge in [0.2, 0.25) is 0 Å². The summed E-state index contributed by atoms with van der Waals surface area (Å²) in [5, 5.41) is 7.63. The van der Waals surface area contributed by atoms with Gasteiger partial charge in [0.25, 0.3) is 0 Å². The van der Waals surface area contributed by atoms with Crippen LogP contribution in [-0.2, 0) is 0 Å². The van der Waals surface area contributed by atoms with E-state index in [9.17, 15) is 0 Å². The molecule has 0 spiro atoms. The summed E-state index contributed by atoms with van der Waals surface area (Å²) in [5.41, 5.74) is 3.93. The van der Waals surface area contributed by atoms with Crippen LogP contribution in [0.5, 0.6) is 0 Å². The number of nitrogens with one attached hydrogen (secondary N) is 2. The van der Waals surface area contributed by atoms with Crippen LogP contribution in [0.25, 0.3) is 0 Å². The quantitative estimate of drug-likeness (QED) is 0.530. The van der Waals surface area contributed by atoms with Gasteiger partial charge in [0.1, 0.15) is 0 Å². The minimum atomic E-state index is 0.215. The fourth-order valence-electron chi connectivity index (χ4n) is 3.63. The maximum Gasteiger partial charge on any atom is 0.0478 e. The third-order valence-electron chi connectivity index (χ3n) is 5.20. The van der Waals surface area contributed by atoms with Crippen LogP contribution < -0.4 is 10.6 Å². The molecule has 3 aromatic carbocycles. The fraction of sp³-hybridized carbons (Fsp3) is 0.280. The van der Waals surface area contributed by atoms with E-state index in [0.29, 0.717) is 6.04 Å². The Morgan fingerprint density at radius 3 is 1.30 bits per heavy atom. The van der Waals surface area contributed by atoms with E-state index in [1.807, 2.05) is 0 Å². The lowest BCUT2D eigenvalue weighted by atomic mass is 9.96. The van der Waals surface area contributed by atoms with Gasteiger partial charge in [-0.25, -0.2) is 0 Å². The summed E-state index contributed by atoms with van der Waals surface area (Å²) in [5.74, 6) is 0. The molecule has 0 aliphatic rings. The SMILES string of the molecule is CC(NC(C)C(NC(C)c1ccccc1)c1ccccc1)c1ccccc1. The van der Waals surface area contributed by atoms with Crippen molar-refractivity contribution in [3.8, 4) is 0 Å². The van der Waals surface area contributed by atoms with Crippen molar-refractivity contribution in [1.29, 1.82) is 0 Å². The zero-order valence-electron chi connectivity index (χ0n) is 16.5. The lowest BCUT2D eigenvalue weighted by Crippen LogP contribution is -2.41. The highest BCUT2D eigenvalue weighted by Crippen LogP contribution is 2.24. The van der Waals surface area contributed by atoms with Gasteiger partial charge in [-0.1, -0.05) is 91.0 Å². The Labute approximate surface area is 163 Å². The second kappa shape index (κ2) is 9.50. The van der Waals surface area contributed by atoms with Crippen molar-refractivity contribution >= 4 is 0 Å². The molecule has 4 atom stereocenters. The van der Waals surface area contributed by atoms with Crippen molar-refractivity contribution in [3.05, 3.63) is 108 Å². The van der Waals surface area contributed by atoms with Crippen molar-refractivity contribution < 1.29 is 0 Å². The van der Waals surface area contributed by atoms with Crippen LogP contribution in [0.3, 0.4) is 0 Å². The Bertz CT molecular complexity index is 786. The highest BCUT2D eigenvalue weighted by atomic mass is 15.0. The van der Waals surface area contributed by atoms with Crippen LogP contribution in [0.15, 0.2) is 91.0 Å². The first-order chi connectivity index (χ1) is 13.1. The van der Waals surface area contributed by atoms with Crippen molar-refractivity contribution in [2.24, 2.45) is 0 Å². The third kappa shape index (κ3) is 5.29. The molecule has 0 bridgehead atoms. The van der Waals surface area contributed by atoms with E-state index in [1.165, 1.54) is 16.7 Å². The van der Waals surface area contributed by atoms with Crippen molar-refractivity contribution in [2.45, 2.75) is 44.9 Å². The predicted octanol–water partition coefficient (Wildman–Crippen LogP) is 5.82. The van der Waals surface area contributed by atoms with E-state index in [4.69, 9.17) is 0 Å². The van der Waals surface area contributed by atoms with Gasteiger partial charge < -0.3 is 10.6 Å². The van der Waals surface area contributed by atoms with Gasteiger partial charge in [0, 0.05) is 24.2 Å². The molecule has 3 rings (SSSR count). The summed E-state index contributed by atoms with van der Waals surface area (Å²) in [6, 6.07) is 33.0. The molecule has 0 aromatic heterocycles. The Morgan fingerprint density at radius 1 is 0.481 bits per heavy atom. The van der Waals surface area contributed by atoms with Crippen LogP contribution >= 0.6 is 0 Å². The smallest absolute Gasteiger partial charge is 0.0478 e. The molecule has 2 N–H and O–H groups in total. The van der Waals surface area contributed by atoms with Crippen LogP contribution in [0.1, 0.15) is 55.6 Å². The van der Waals surface area contributed by atoms with Crippen LogP contribution in [-0.4, -0.2) is 6.04 Å². The average Bonchev–Trinajstić information content (AvgIpc) is 2.73. The normalized spacial score (nSPS) is 15.7. The van der Waals surface area contributed by atoms with E-state index in [1.54, 1.807) is 0 Å². The molecule has 140 valence electrons. The highest BCUT2D eigenvalue weighted by Gasteiger charge is 2.23. The Morgan fingerprint density at radius 2 is 0.852 bits per heavy atom. The first-order valence-electron chi connectivity index (χ1n) is 9.82. The second-order valence-electron chi connectivity index (χ2n) is 7.28. The van der Waals surface area contributed by atoms with Gasteiger partial charge in [0.05, 0.1) is 0 Å². The van der Waals surface area contributed by atoms with Crippen LogP contribution in [0.2, 0.25) is 0 Å². The molecular formula is C25H30N2. The molecule has 0 amide bonds. The van der Waals surface area contributed by atoms with Gasteiger partial charge in [-0.15, -0.1) is 0 Å². The Balaban J connectivity index is 1.77. The number of benzene rings is 3. The zero-order chi connectivity index (χ0) is 19.1. The summed E-state index contributed by atoms with van der Waals surface area (Å²) >= 11 is 0.